The van der Waals surface area contributed by atoms with Crippen molar-refractivity contribution in [2.75, 3.05) is 0 Å². The molecule has 0 radical (unpaired) electrons. The van der Waals surface area contributed by atoms with Gasteiger partial charge < -0.3 is 9.13 Å². The normalized spacial score (nSPS) is 15.5. The first-order valence-electron chi connectivity index (χ1n) is 22.4. The Morgan fingerprint density at radius 3 is 1.94 bits per heavy atom. The van der Waals surface area contributed by atoms with Crippen LogP contribution in [0.2, 0.25) is 0 Å². The Hall–Kier alpha value is -6.90. The molecule has 2 heteroatoms. The van der Waals surface area contributed by atoms with Gasteiger partial charge in [-0.15, -0.1) is 0 Å². The molecule has 300 valence electrons. The molecule has 0 fully saturated rings. The molecule has 10 aromatic rings. The first-order valence-corrected chi connectivity index (χ1v) is 22.4. The number of nitrogens with zero attached hydrogens (tertiary/aromatic N) is 2. The van der Waals surface area contributed by atoms with Crippen LogP contribution >= 0.6 is 0 Å². The summed E-state index contributed by atoms with van der Waals surface area (Å²) in [7, 11) is 0. The van der Waals surface area contributed by atoms with E-state index >= 15 is 0 Å². The smallest absolute Gasteiger partial charge is 0.0548 e. The summed E-state index contributed by atoms with van der Waals surface area (Å²) in [5.74, 6) is 0. The van der Waals surface area contributed by atoms with E-state index in [2.05, 4.69) is 219 Å². The molecule has 2 aliphatic carbocycles. The zero-order valence-corrected chi connectivity index (χ0v) is 36.0. The highest BCUT2D eigenvalue weighted by atomic mass is 15.0. The molecule has 8 aromatic carbocycles. The molecule has 0 amide bonds. The maximum atomic E-state index is 2.58. The van der Waals surface area contributed by atoms with Gasteiger partial charge in [-0.1, -0.05) is 167 Å². The predicted molar refractivity (Wildman–Crippen MR) is 264 cm³/mol. The van der Waals surface area contributed by atoms with Crippen LogP contribution in [-0.2, 0) is 17.3 Å². The van der Waals surface area contributed by atoms with Gasteiger partial charge in [-0.25, -0.2) is 0 Å². The Labute approximate surface area is 364 Å². The fourth-order valence-electron chi connectivity index (χ4n) is 11.4. The van der Waals surface area contributed by atoms with Crippen LogP contribution in [0.15, 0.2) is 176 Å². The van der Waals surface area contributed by atoms with Crippen molar-refractivity contribution >= 4 is 55.1 Å². The number of benzene rings is 8. The van der Waals surface area contributed by atoms with E-state index in [1.807, 2.05) is 0 Å². The van der Waals surface area contributed by atoms with Crippen molar-refractivity contribution < 1.29 is 0 Å². The maximum Gasteiger partial charge on any atom is 0.0548 e. The molecule has 0 spiro atoms. The van der Waals surface area contributed by atoms with Crippen LogP contribution in [0.4, 0.5) is 0 Å². The first kappa shape index (κ1) is 36.9. The molecule has 2 heterocycles. The van der Waals surface area contributed by atoms with Crippen LogP contribution in [0.1, 0.15) is 74.9 Å². The second-order valence-corrected chi connectivity index (χ2v) is 19.0. The standard InChI is InChI=1S/C60H50N2/c1-59(2)36-37-60(3,4)58-48(23-14-24-50(58)59)46-20-10-13-26-52(46)62-54-27-15-22-45(57(54)56-44-19-9-8-18-41(44)30-35-55(56)62)42-31-34-53-49(38-42)47-21-11-12-25-51(47)61(53)43-32-28-40(29-33-43)39-16-6-5-7-17-39/h5-30,32-33,35,38H,31,34,36-37H2,1-4H3. The van der Waals surface area contributed by atoms with Gasteiger partial charge in [0.1, 0.15) is 0 Å². The Morgan fingerprint density at radius 2 is 1.08 bits per heavy atom. The Morgan fingerprint density at radius 1 is 0.435 bits per heavy atom. The Bertz CT molecular complexity index is 3440. The second-order valence-electron chi connectivity index (χ2n) is 19.0. The molecular formula is C60H50N2. The molecular weight excluding hydrogens is 749 g/mol. The summed E-state index contributed by atoms with van der Waals surface area (Å²) < 4.78 is 5.09. The Kier molecular flexibility index (Phi) is 8.22. The summed E-state index contributed by atoms with van der Waals surface area (Å²) in [5.41, 5.74) is 20.0. The van der Waals surface area contributed by atoms with E-state index in [0.29, 0.717) is 0 Å². The average molecular weight is 799 g/mol. The lowest BCUT2D eigenvalue weighted by Crippen LogP contribution is -2.34. The monoisotopic (exact) mass is 798 g/mol. The molecule has 0 bridgehead atoms. The van der Waals surface area contributed by atoms with Crippen molar-refractivity contribution in [3.8, 4) is 33.6 Å². The van der Waals surface area contributed by atoms with Crippen molar-refractivity contribution in [2.24, 2.45) is 0 Å². The van der Waals surface area contributed by atoms with Crippen LogP contribution < -0.4 is 0 Å². The molecule has 2 aliphatic rings. The van der Waals surface area contributed by atoms with Gasteiger partial charge in [-0.05, 0) is 129 Å². The highest BCUT2D eigenvalue weighted by molar-refractivity contribution is 6.24. The number of para-hydroxylation sites is 2. The fraction of sp³-hybridized carbons (Fsp3) is 0.167. The van der Waals surface area contributed by atoms with Gasteiger partial charge in [-0.2, -0.15) is 0 Å². The minimum Gasteiger partial charge on any atom is -0.313 e. The van der Waals surface area contributed by atoms with Crippen molar-refractivity contribution in [3.05, 3.63) is 204 Å². The van der Waals surface area contributed by atoms with Crippen LogP contribution in [0.5, 0.6) is 0 Å². The van der Waals surface area contributed by atoms with E-state index < -0.39 is 0 Å². The van der Waals surface area contributed by atoms with Gasteiger partial charge in [0.15, 0.2) is 0 Å². The van der Waals surface area contributed by atoms with E-state index in [0.717, 1.165) is 12.8 Å². The molecule has 2 aromatic heterocycles. The third kappa shape index (κ3) is 5.55. The van der Waals surface area contributed by atoms with E-state index in [9.17, 15) is 0 Å². The predicted octanol–water partition coefficient (Wildman–Crippen LogP) is 16.1. The zero-order chi connectivity index (χ0) is 41.7. The zero-order valence-electron chi connectivity index (χ0n) is 36.0. The maximum absolute atomic E-state index is 2.58. The van der Waals surface area contributed by atoms with Crippen molar-refractivity contribution in [1.82, 2.24) is 9.13 Å². The van der Waals surface area contributed by atoms with E-state index in [4.69, 9.17) is 0 Å². The number of allylic oxidation sites excluding steroid dienone is 1. The van der Waals surface area contributed by atoms with Gasteiger partial charge in [0.05, 0.1) is 22.2 Å². The summed E-state index contributed by atoms with van der Waals surface area (Å²) >= 11 is 0. The third-order valence-electron chi connectivity index (χ3n) is 14.5. The van der Waals surface area contributed by atoms with Gasteiger partial charge in [0.2, 0.25) is 0 Å². The lowest BCUT2D eigenvalue weighted by molar-refractivity contribution is 0.333. The molecule has 0 N–H and O–H groups in total. The molecule has 0 saturated carbocycles. The fourth-order valence-corrected chi connectivity index (χ4v) is 11.4. The molecule has 0 unspecified atom stereocenters. The lowest BCUT2D eigenvalue weighted by Gasteiger charge is -2.43. The second kappa shape index (κ2) is 13.8. The van der Waals surface area contributed by atoms with Crippen LogP contribution in [0.25, 0.3) is 88.8 Å². The largest absolute Gasteiger partial charge is 0.313 e. The van der Waals surface area contributed by atoms with Gasteiger partial charge in [-0.3, -0.25) is 0 Å². The van der Waals surface area contributed by atoms with Crippen molar-refractivity contribution in [1.29, 1.82) is 0 Å². The summed E-state index contributed by atoms with van der Waals surface area (Å²) in [6, 6.07) is 65.7. The molecule has 0 atom stereocenters. The van der Waals surface area contributed by atoms with E-state index in [1.165, 1.54) is 123 Å². The van der Waals surface area contributed by atoms with Crippen molar-refractivity contribution in [2.45, 2.75) is 64.2 Å². The number of aromatic nitrogens is 2. The number of fused-ring (bicyclic) bond motifs is 9. The summed E-state index contributed by atoms with van der Waals surface area (Å²) in [6.45, 7) is 9.77. The van der Waals surface area contributed by atoms with Crippen LogP contribution in [0, 0.1) is 0 Å². The third-order valence-corrected chi connectivity index (χ3v) is 14.5. The van der Waals surface area contributed by atoms with Crippen molar-refractivity contribution in [3.63, 3.8) is 0 Å². The SMILES string of the molecule is CC1(C)CCC(C)(C)c2c(-c3ccccc3-n3c4cccc(C5=Cc6c(n(-c7ccc(-c8ccccc8)cc7)c7ccccc67)CC5)c4c4c5ccccc5ccc43)cccc21. The molecule has 0 aliphatic heterocycles. The van der Waals surface area contributed by atoms with Crippen LogP contribution in [0.3, 0.4) is 0 Å². The molecule has 0 saturated heterocycles. The number of hydrogen-bond acceptors (Lipinski definition) is 0. The minimum atomic E-state index is 0.0692. The topological polar surface area (TPSA) is 9.86 Å². The van der Waals surface area contributed by atoms with Gasteiger partial charge >= 0.3 is 0 Å². The minimum absolute atomic E-state index is 0.0692. The van der Waals surface area contributed by atoms with E-state index in [-0.39, 0.29) is 10.8 Å². The van der Waals surface area contributed by atoms with Crippen LogP contribution in [-0.4, -0.2) is 9.13 Å². The summed E-state index contributed by atoms with van der Waals surface area (Å²) in [6.07, 6.45) is 6.81. The summed E-state index contributed by atoms with van der Waals surface area (Å²) in [4.78, 5) is 0. The first-order chi connectivity index (χ1) is 30.3. The highest BCUT2D eigenvalue weighted by Gasteiger charge is 2.39. The summed E-state index contributed by atoms with van der Waals surface area (Å²) in [5, 5.41) is 6.53. The highest BCUT2D eigenvalue weighted by Crippen LogP contribution is 2.51. The number of hydrogen-bond donors (Lipinski definition) is 0. The van der Waals surface area contributed by atoms with Gasteiger partial charge in [0.25, 0.3) is 0 Å². The lowest BCUT2D eigenvalue weighted by atomic mass is 9.61. The van der Waals surface area contributed by atoms with E-state index in [1.54, 1.807) is 0 Å². The molecule has 12 rings (SSSR count). The molecule has 2 nitrogen and oxygen atoms in total. The average Bonchev–Trinajstić information content (AvgIpc) is 3.84. The number of rotatable bonds is 5. The van der Waals surface area contributed by atoms with Gasteiger partial charge in [0, 0.05) is 38.7 Å². The Balaban J connectivity index is 1.08. The molecule has 62 heavy (non-hydrogen) atoms. The quantitative estimate of drug-likeness (QED) is 0.164.